The van der Waals surface area contributed by atoms with Gasteiger partial charge >= 0.3 is 0 Å². The van der Waals surface area contributed by atoms with Gasteiger partial charge in [-0.3, -0.25) is 0 Å². The smallest absolute Gasteiger partial charge is 0.222 e. The van der Waals surface area contributed by atoms with Crippen LogP contribution >= 0.6 is 0 Å². The van der Waals surface area contributed by atoms with Crippen molar-refractivity contribution in [3.05, 3.63) is 11.3 Å². The lowest BCUT2D eigenvalue weighted by Crippen LogP contribution is -2.43. The van der Waals surface area contributed by atoms with Gasteiger partial charge in [0.15, 0.2) is 0 Å². The minimum Gasteiger partial charge on any atom is -0.368 e. The van der Waals surface area contributed by atoms with Gasteiger partial charge in [-0.1, -0.05) is 26.7 Å². The fraction of sp³-hybridized carbons (Fsp3) is 0.833. The van der Waals surface area contributed by atoms with Gasteiger partial charge in [0.25, 0.3) is 0 Å². The Morgan fingerprint density at radius 1 is 1.10 bits per heavy atom. The highest BCUT2D eigenvalue weighted by molar-refractivity contribution is 5.54. The molecule has 0 radical (unpaired) electrons. The zero-order chi connectivity index (χ0) is 21.0. The van der Waals surface area contributed by atoms with Crippen LogP contribution in [0.15, 0.2) is 0 Å². The molecule has 4 rings (SSSR count). The van der Waals surface area contributed by atoms with Gasteiger partial charge in [0, 0.05) is 37.2 Å². The molecule has 29 heavy (non-hydrogen) atoms. The van der Waals surface area contributed by atoms with Crippen molar-refractivity contribution in [3.63, 3.8) is 0 Å². The lowest BCUT2D eigenvalue weighted by atomic mass is 9.71. The fourth-order valence-electron chi connectivity index (χ4n) is 5.92. The lowest BCUT2D eigenvalue weighted by Gasteiger charge is -2.39. The largest absolute Gasteiger partial charge is 0.368 e. The van der Waals surface area contributed by atoms with Crippen molar-refractivity contribution in [3.8, 4) is 0 Å². The maximum Gasteiger partial charge on any atom is 0.222 e. The molecule has 2 N–H and O–H groups in total. The van der Waals surface area contributed by atoms with Crippen LogP contribution in [0.1, 0.15) is 90.3 Å². The van der Waals surface area contributed by atoms with Gasteiger partial charge in [0.05, 0.1) is 5.69 Å². The van der Waals surface area contributed by atoms with E-state index in [1.54, 1.807) is 0 Å². The van der Waals surface area contributed by atoms with E-state index in [1.165, 1.54) is 75.7 Å². The molecule has 1 atom stereocenters. The predicted octanol–water partition coefficient (Wildman–Crippen LogP) is 4.79. The average molecular weight is 402 g/mol. The van der Waals surface area contributed by atoms with Gasteiger partial charge < -0.3 is 15.5 Å². The SMILES string of the molecule is CC.CC(C)N1CCCC(CN(C)c2nc(N)nc3c2CCCC32CCCC2)C1. The zero-order valence-electron chi connectivity index (χ0n) is 19.5. The molecule has 0 amide bonds. The third kappa shape index (κ3) is 4.70. The second-order valence-corrected chi connectivity index (χ2v) is 9.55. The molecule has 2 aliphatic carbocycles. The summed E-state index contributed by atoms with van der Waals surface area (Å²) in [4.78, 5) is 14.6. The van der Waals surface area contributed by atoms with Crippen LogP contribution in [0.3, 0.4) is 0 Å². The van der Waals surface area contributed by atoms with Crippen LogP contribution in [-0.4, -0.2) is 47.6 Å². The normalized spacial score (nSPS) is 23.6. The number of anilines is 2. The van der Waals surface area contributed by atoms with E-state index in [0.717, 1.165) is 18.8 Å². The number of fused-ring (bicyclic) bond motifs is 2. The molecule has 0 aromatic carbocycles. The quantitative estimate of drug-likeness (QED) is 0.786. The lowest BCUT2D eigenvalue weighted by molar-refractivity contribution is 0.142. The summed E-state index contributed by atoms with van der Waals surface area (Å²) < 4.78 is 0. The highest BCUT2D eigenvalue weighted by Gasteiger charge is 2.42. The van der Waals surface area contributed by atoms with Crippen LogP contribution in [0.4, 0.5) is 11.8 Å². The van der Waals surface area contributed by atoms with Crippen molar-refractivity contribution in [2.24, 2.45) is 5.92 Å². The Kier molecular flexibility index (Phi) is 7.42. The Hall–Kier alpha value is -1.36. The van der Waals surface area contributed by atoms with Crippen molar-refractivity contribution >= 4 is 11.8 Å². The summed E-state index contributed by atoms with van der Waals surface area (Å²) in [6.45, 7) is 12.1. The van der Waals surface area contributed by atoms with Crippen molar-refractivity contribution in [2.45, 2.75) is 96.9 Å². The first-order valence-electron chi connectivity index (χ1n) is 12.1. The number of hydrogen-bond acceptors (Lipinski definition) is 5. The van der Waals surface area contributed by atoms with Crippen molar-refractivity contribution in [2.75, 3.05) is 37.3 Å². The number of likely N-dealkylation sites (tertiary alicyclic amines) is 1. The minimum atomic E-state index is 0.291. The summed E-state index contributed by atoms with van der Waals surface area (Å²) in [6.07, 6.45) is 11.5. The van der Waals surface area contributed by atoms with Gasteiger partial charge in [-0.15, -0.1) is 0 Å². The molecule has 1 aromatic heterocycles. The molecule has 1 saturated heterocycles. The maximum absolute atomic E-state index is 6.21. The molecule has 5 nitrogen and oxygen atoms in total. The molecule has 164 valence electrons. The van der Waals surface area contributed by atoms with Crippen LogP contribution in [0, 0.1) is 5.92 Å². The third-order valence-electron chi connectivity index (χ3n) is 7.32. The number of aromatic nitrogens is 2. The summed E-state index contributed by atoms with van der Waals surface area (Å²) in [7, 11) is 2.21. The molecule has 1 saturated carbocycles. The highest BCUT2D eigenvalue weighted by atomic mass is 15.2. The Morgan fingerprint density at radius 3 is 2.48 bits per heavy atom. The van der Waals surface area contributed by atoms with Crippen LogP contribution in [-0.2, 0) is 11.8 Å². The second kappa shape index (κ2) is 9.63. The number of hydrogen-bond donors (Lipinski definition) is 1. The minimum absolute atomic E-state index is 0.291. The number of nitrogen functional groups attached to an aromatic ring is 1. The number of rotatable bonds is 4. The summed E-state index contributed by atoms with van der Waals surface area (Å²) in [5, 5.41) is 0. The average Bonchev–Trinajstić information content (AvgIpc) is 3.19. The second-order valence-electron chi connectivity index (χ2n) is 9.55. The molecule has 0 bridgehead atoms. The van der Waals surface area contributed by atoms with E-state index >= 15 is 0 Å². The van der Waals surface area contributed by atoms with Crippen LogP contribution in [0.2, 0.25) is 0 Å². The molecule has 1 aliphatic heterocycles. The Labute approximate surface area is 178 Å². The highest BCUT2D eigenvalue weighted by Crippen LogP contribution is 2.49. The van der Waals surface area contributed by atoms with Gasteiger partial charge in [-0.05, 0) is 71.3 Å². The molecule has 5 heteroatoms. The van der Waals surface area contributed by atoms with E-state index in [1.807, 2.05) is 13.8 Å². The molecular weight excluding hydrogens is 358 g/mol. The summed E-state index contributed by atoms with van der Waals surface area (Å²) in [5.74, 6) is 2.29. The van der Waals surface area contributed by atoms with Gasteiger partial charge in [0.2, 0.25) is 5.95 Å². The molecule has 1 spiro atoms. The van der Waals surface area contributed by atoms with Gasteiger partial charge in [-0.2, -0.15) is 4.98 Å². The van der Waals surface area contributed by atoms with E-state index in [-0.39, 0.29) is 0 Å². The first-order valence-corrected chi connectivity index (χ1v) is 12.1. The van der Waals surface area contributed by atoms with Crippen LogP contribution in [0.5, 0.6) is 0 Å². The first-order chi connectivity index (χ1) is 14.0. The molecule has 1 aromatic rings. The first kappa shape index (κ1) is 22.3. The Bertz CT molecular complexity index is 665. The summed E-state index contributed by atoms with van der Waals surface area (Å²) in [5.41, 5.74) is 9.20. The van der Waals surface area contributed by atoms with E-state index in [2.05, 4.69) is 30.7 Å². The Morgan fingerprint density at radius 2 is 1.79 bits per heavy atom. The molecular formula is C24H43N5. The third-order valence-corrected chi connectivity index (χ3v) is 7.32. The standard InChI is InChI=1S/C22H37N5.C2H6/c1-16(2)27-13-7-8-17(15-27)14-26(3)20-18-9-6-12-22(10-4-5-11-22)19(18)24-21(23)25-20;1-2/h16-17H,4-15H2,1-3H3,(H2,23,24,25);1-2H3. The topological polar surface area (TPSA) is 58.3 Å². The molecule has 2 heterocycles. The molecule has 1 unspecified atom stereocenters. The fourth-order valence-corrected chi connectivity index (χ4v) is 5.92. The Balaban J connectivity index is 0.00000117. The van der Waals surface area contributed by atoms with Crippen molar-refractivity contribution in [1.82, 2.24) is 14.9 Å². The number of nitrogens with two attached hydrogens (primary N) is 1. The predicted molar refractivity (Wildman–Crippen MR) is 124 cm³/mol. The van der Waals surface area contributed by atoms with Crippen LogP contribution in [0.25, 0.3) is 0 Å². The number of nitrogens with zero attached hydrogens (tertiary/aromatic N) is 4. The van der Waals surface area contributed by atoms with E-state index in [4.69, 9.17) is 15.7 Å². The summed E-state index contributed by atoms with van der Waals surface area (Å²) >= 11 is 0. The van der Waals surface area contributed by atoms with E-state index in [9.17, 15) is 0 Å². The van der Waals surface area contributed by atoms with Gasteiger partial charge in [0.1, 0.15) is 5.82 Å². The van der Waals surface area contributed by atoms with Gasteiger partial charge in [-0.25, -0.2) is 4.98 Å². The maximum atomic E-state index is 6.21. The number of piperidine rings is 1. The van der Waals surface area contributed by atoms with Crippen LogP contribution < -0.4 is 10.6 Å². The molecule has 3 aliphatic rings. The summed E-state index contributed by atoms with van der Waals surface area (Å²) in [6, 6.07) is 0.641. The van der Waals surface area contributed by atoms with Crippen molar-refractivity contribution < 1.29 is 0 Å². The van der Waals surface area contributed by atoms with Crippen molar-refractivity contribution in [1.29, 1.82) is 0 Å². The van der Waals surface area contributed by atoms with E-state index in [0.29, 0.717) is 23.3 Å². The van der Waals surface area contributed by atoms with E-state index < -0.39 is 0 Å². The monoisotopic (exact) mass is 401 g/mol. The zero-order valence-corrected chi connectivity index (χ0v) is 19.5. The molecule has 2 fully saturated rings.